The first-order valence-corrected chi connectivity index (χ1v) is 6.35. The van der Waals surface area contributed by atoms with Gasteiger partial charge in [-0.3, -0.25) is 0 Å². The van der Waals surface area contributed by atoms with Crippen molar-refractivity contribution in [3.8, 4) is 0 Å². The predicted molar refractivity (Wildman–Crippen MR) is 64.3 cm³/mol. The molecule has 0 radical (unpaired) electrons. The number of aliphatic hydroxyl groups is 1. The molecule has 0 saturated carbocycles. The van der Waals surface area contributed by atoms with Crippen LogP contribution in [0.2, 0.25) is 0 Å². The maximum Gasteiger partial charge on any atom is 0.105 e. The molecule has 1 aliphatic carbocycles. The number of hydrogen-bond acceptors (Lipinski definition) is 2. The maximum atomic E-state index is 10.9. The summed E-state index contributed by atoms with van der Waals surface area (Å²) in [5.41, 5.74) is 1.88. The van der Waals surface area contributed by atoms with E-state index in [9.17, 15) is 5.11 Å². The minimum atomic E-state index is -0.614. The molecule has 1 saturated heterocycles. The summed E-state index contributed by atoms with van der Waals surface area (Å²) >= 11 is 0. The molecule has 2 aliphatic rings. The van der Waals surface area contributed by atoms with Gasteiger partial charge < -0.3 is 10.4 Å². The molecule has 0 bridgehead atoms. The van der Waals surface area contributed by atoms with E-state index in [1.807, 2.05) is 6.07 Å². The smallest absolute Gasteiger partial charge is 0.105 e. The molecule has 1 fully saturated rings. The molecule has 2 nitrogen and oxygen atoms in total. The highest BCUT2D eigenvalue weighted by Gasteiger charge is 2.43. The molecule has 16 heavy (non-hydrogen) atoms. The van der Waals surface area contributed by atoms with Crippen molar-refractivity contribution < 1.29 is 5.11 Å². The Morgan fingerprint density at radius 3 is 2.94 bits per heavy atom. The zero-order valence-corrected chi connectivity index (χ0v) is 9.58. The van der Waals surface area contributed by atoms with Gasteiger partial charge in [-0.2, -0.15) is 0 Å². The summed E-state index contributed by atoms with van der Waals surface area (Å²) < 4.78 is 0. The lowest BCUT2D eigenvalue weighted by Crippen LogP contribution is -2.49. The first kappa shape index (κ1) is 10.3. The Morgan fingerprint density at radius 2 is 2.12 bits per heavy atom. The first-order chi connectivity index (χ1) is 7.81. The van der Waals surface area contributed by atoms with Gasteiger partial charge in [-0.05, 0) is 43.4 Å². The van der Waals surface area contributed by atoms with Crippen LogP contribution in [0.15, 0.2) is 24.3 Å². The Balaban J connectivity index is 1.94. The van der Waals surface area contributed by atoms with E-state index in [1.54, 1.807) is 0 Å². The van der Waals surface area contributed by atoms with Crippen molar-refractivity contribution >= 4 is 0 Å². The van der Waals surface area contributed by atoms with Crippen LogP contribution < -0.4 is 5.32 Å². The Labute approximate surface area is 96.7 Å². The van der Waals surface area contributed by atoms with Crippen LogP contribution in [0, 0.1) is 0 Å². The second kappa shape index (κ2) is 3.86. The van der Waals surface area contributed by atoms with Crippen molar-refractivity contribution in [2.45, 2.75) is 43.7 Å². The fourth-order valence-corrected chi connectivity index (χ4v) is 3.24. The molecular weight excluding hydrogens is 198 g/mol. The lowest BCUT2D eigenvalue weighted by Gasteiger charge is -2.37. The summed E-state index contributed by atoms with van der Waals surface area (Å²) in [4.78, 5) is 0. The molecule has 2 heteroatoms. The summed E-state index contributed by atoms with van der Waals surface area (Å²) in [6.07, 6.45) is 5.48. The third-order valence-electron chi connectivity index (χ3n) is 4.15. The Morgan fingerprint density at radius 1 is 1.25 bits per heavy atom. The normalized spacial score (nSPS) is 33.7. The minimum Gasteiger partial charge on any atom is -0.384 e. The second-order valence-electron chi connectivity index (χ2n) is 5.08. The SMILES string of the molecule is OC1(C2CCCCN2)CCc2ccccc21. The molecule has 2 unspecified atom stereocenters. The van der Waals surface area contributed by atoms with E-state index in [-0.39, 0.29) is 6.04 Å². The number of piperidine rings is 1. The van der Waals surface area contributed by atoms with Crippen molar-refractivity contribution in [1.29, 1.82) is 0 Å². The van der Waals surface area contributed by atoms with Gasteiger partial charge in [-0.25, -0.2) is 0 Å². The van der Waals surface area contributed by atoms with Gasteiger partial charge in [0, 0.05) is 6.04 Å². The van der Waals surface area contributed by atoms with Gasteiger partial charge in [0.05, 0.1) is 0 Å². The lowest BCUT2D eigenvalue weighted by molar-refractivity contribution is -0.0104. The van der Waals surface area contributed by atoms with Gasteiger partial charge in [0.2, 0.25) is 0 Å². The van der Waals surface area contributed by atoms with Crippen LogP contribution in [0.3, 0.4) is 0 Å². The van der Waals surface area contributed by atoms with Crippen LogP contribution in [0.25, 0.3) is 0 Å². The van der Waals surface area contributed by atoms with Crippen LogP contribution in [-0.2, 0) is 12.0 Å². The maximum absolute atomic E-state index is 10.9. The highest BCUT2D eigenvalue weighted by Crippen LogP contribution is 2.41. The largest absolute Gasteiger partial charge is 0.384 e. The van der Waals surface area contributed by atoms with E-state index in [2.05, 4.69) is 23.5 Å². The van der Waals surface area contributed by atoms with Gasteiger partial charge in [0.1, 0.15) is 5.60 Å². The van der Waals surface area contributed by atoms with Crippen LogP contribution >= 0.6 is 0 Å². The van der Waals surface area contributed by atoms with Crippen molar-refractivity contribution in [3.05, 3.63) is 35.4 Å². The molecule has 3 rings (SSSR count). The molecule has 86 valence electrons. The minimum absolute atomic E-state index is 0.255. The third-order valence-corrected chi connectivity index (χ3v) is 4.15. The average Bonchev–Trinajstić information content (AvgIpc) is 2.71. The highest BCUT2D eigenvalue weighted by atomic mass is 16.3. The summed E-state index contributed by atoms with van der Waals surface area (Å²) in [5.74, 6) is 0. The molecule has 1 aromatic carbocycles. The van der Waals surface area contributed by atoms with Crippen molar-refractivity contribution in [2.75, 3.05) is 6.54 Å². The summed E-state index contributed by atoms with van der Waals surface area (Å²) in [5, 5.41) is 14.4. The van der Waals surface area contributed by atoms with E-state index < -0.39 is 5.60 Å². The lowest BCUT2D eigenvalue weighted by atomic mass is 9.83. The van der Waals surface area contributed by atoms with Gasteiger partial charge in [0.15, 0.2) is 0 Å². The van der Waals surface area contributed by atoms with Crippen LogP contribution in [0.1, 0.15) is 36.8 Å². The molecule has 1 aromatic rings. The molecule has 0 amide bonds. The van der Waals surface area contributed by atoms with Crippen LogP contribution in [0.5, 0.6) is 0 Å². The number of nitrogens with one attached hydrogen (secondary N) is 1. The topological polar surface area (TPSA) is 32.3 Å². The molecule has 2 atom stereocenters. The summed E-state index contributed by atoms with van der Waals surface area (Å²) in [6.45, 7) is 1.05. The van der Waals surface area contributed by atoms with Crippen molar-refractivity contribution in [3.63, 3.8) is 0 Å². The quantitative estimate of drug-likeness (QED) is 0.753. The van der Waals surface area contributed by atoms with E-state index in [0.717, 1.165) is 31.4 Å². The number of hydrogen-bond donors (Lipinski definition) is 2. The number of fused-ring (bicyclic) bond motifs is 1. The Bertz CT molecular complexity index is 384. The standard InChI is InChI=1S/C14H19NO/c16-14(13-7-3-4-10-15-13)9-8-11-5-1-2-6-12(11)14/h1-2,5-6,13,15-16H,3-4,7-10H2. The van der Waals surface area contributed by atoms with Crippen molar-refractivity contribution in [1.82, 2.24) is 5.32 Å². The fraction of sp³-hybridized carbons (Fsp3) is 0.571. The van der Waals surface area contributed by atoms with Crippen molar-refractivity contribution in [2.24, 2.45) is 0 Å². The molecule has 0 aromatic heterocycles. The number of rotatable bonds is 1. The first-order valence-electron chi connectivity index (χ1n) is 6.35. The molecule has 0 spiro atoms. The van der Waals surface area contributed by atoms with E-state index in [0.29, 0.717) is 0 Å². The third kappa shape index (κ3) is 1.48. The number of aryl methyl sites for hydroxylation is 1. The number of benzene rings is 1. The molecular formula is C14H19NO. The zero-order chi connectivity index (χ0) is 11.0. The molecule has 1 aliphatic heterocycles. The predicted octanol–water partition coefficient (Wildman–Crippen LogP) is 1.96. The fourth-order valence-electron chi connectivity index (χ4n) is 3.24. The van der Waals surface area contributed by atoms with E-state index in [1.165, 1.54) is 18.4 Å². The Hall–Kier alpha value is -0.860. The van der Waals surface area contributed by atoms with E-state index >= 15 is 0 Å². The monoisotopic (exact) mass is 217 g/mol. The molecule has 2 N–H and O–H groups in total. The second-order valence-corrected chi connectivity index (χ2v) is 5.08. The van der Waals surface area contributed by atoms with Gasteiger partial charge in [-0.1, -0.05) is 30.7 Å². The highest BCUT2D eigenvalue weighted by molar-refractivity contribution is 5.38. The van der Waals surface area contributed by atoms with Gasteiger partial charge in [0.25, 0.3) is 0 Å². The van der Waals surface area contributed by atoms with Gasteiger partial charge >= 0.3 is 0 Å². The summed E-state index contributed by atoms with van der Waals surface area (Å²) in [6, 6.07) is 8.61. The zero-order valence-electron chi connectivity index (χ0n) is 9.58. The summed E-state index contributed by atoms with van der Waals surface area (Å²) in [7, 11) is 0. The Kier molecular flexibility index (Phi) is 2.49. The van der Waals surface area contributed by atoms with E-state index in [4.69, 9.17) is 0 Å². The van der Waals surface area contributed by atoms with Crippen LogP contribution in [-0.4, -0.2) is 17.7 Å². The van der Waals surface area contributed by atoms with Gasteiger partial charge in [-0.15, -0.1) is 0 Å². The average molecular weight is 217 g/mol. The van der Waals surface area contributed by atoms with Crippen LogP contribution in [0.4, 0.5) is 0 Å². The molecule has 1 heterocycles.